The van der Waals surface area contributed by atoms with Crippen LogP contribution in [0.4, 0.5) is 0 Å². The third kappa shape index (κ3) is 3.19. The van der Waals surface area contributed by atoms with E-state index < -0.39 is 0 Å². The Kier molecular flexibility index (Phi) is 4.64. The van der Waals surface area contributed by atoms with Gasteiger partial charge in [-0.05, 0) is 58.1 Å². The summed E-state index contributed by atoms with van der Waals surface area (Å²) >= 11 is 1.88. The minimum absolute atomic E-state index is 0.954. The molecule has 8 rings (SSSR count). The van der Waals surface area contributed by atoms with Gasteiger partial charge in [0.1, 0.15) is 0 Å². The molecule has 6 aromatic carbocycles. The molecule has 8 aromatic rings. The molecule has 178 valence electrons. The minimum Gasteiger partial charge on any atom is -0.252 e. The van der Waals surface area contributed by atoms with E-state index in [9.17, 15) is 0 Å². The van der Waals surface area contributed by atoms with Crippen LogP contribution in [-0.2, 0) is 0 Å². The fourth-order valence-electron chi connectivity index (χ4n) is 5.81. The number of thiophene rings is 1. The molecule has 3 heteroatoms. The molecule has 2 heterocycles. The molecule has 0 aliphatic rings. The second kappa shape index (κ2) is 8.20. The van der Waals surface area contributed by atoms with Crippen LogP contribution in [0.2, 0.25) is 0 Å². The van der Waals surface area contributed by atoms with Gasteiger partial charge in [-0.2, -0.15) is 0 Å². The Hall–Kier alpha value is -4.60. The fourth-order valence-corrected chi connectivity index (χ4v) is 7.05. The highest BCUT2D eigenvalue weighted by atomic mass is 32.1. The summed E-state index contributed by atoms with van der Waals surface area (Å²) in [5.74, 6) is 0. The van der Waals surface area contributed by atoms with E-state index in [1.165, 1.54) is 58.8 Å². The lowest BCUT2D eigenvalue weighted by Gasteiger charge is -2.12. The van der Waals surface area contributed by atoms with E-state index in [4.69, 9.17) is 9.97 Å². The van der Waals surface area contributed by atoms with Gasteiger partial charge in [-0.3, -0.25) is 9.97 Å². The molecular weight excluding hydrogens is 480 g/mol. The second-order valence-electron chi connectivity index (χ2n) is 9.92. The molecule has 0 saturated heterocycles. The van der Waals surface area contributed by atoms with Gasteiger partial charge in [-0.15, -0.1) is 11.3 Å². The van der Waals surface area contributed by atoms with Crippen LogP contribution in [0.3, 0.4) is 0 Å². The molecule has 0 spiro atoms. The fraction of sp³-hybridized carbons (Fsp3) is 0.0286. The molecule has 2 aromatic heterocycles. The summed E-state index contributed by atoms with van der Waals surface area (Å²) in [5, 5.41) is 7.38. The molecule has 2 nitrogen and oxygen atoms in total. The first-order valence-corrected chi connectivity index (χ1v) is 13.6. The Morgan fingerprint density at radius 2 is 1.18 bits per heavy atom. The largest absolute Gasteiger partial charge is 0.252 e. The number of aryl methyl sites for hydroxylation is 1. The molecule has 38 heavy (non-hydrogen) atoms. The lowest BCUT2D eigenvalue weighted by Crippen LogP contribution is -1.90. The van der Waals surface area contributed by atoms with Crippen LogP contribution in [0.5, 0.6) is 0 Å². The standard InChI is InChI=1S/C35H22N2S/c1-21-12-14-27-30(18-21)31-20-23(13-15-28(31)34-33(27)36-16-17-37-34)22-6-4-7-24(19-22)25-9-5-10-29-26-8-2-3-11-32(26)38-35(25)29/h2-20H,1H3. The summed E-state index contributed by atoms with van der Waals surface area (Å²) in [6.45, 7) is 2.15. The van der Waals surface area contributed by atoms with Crippen molar-refractivity contribution in [2.75, 3.05) is 0 Å². The summed E-state index contributed by atoms with van der Waals surface area (Å²) in [7, 11) is 0. The van der Waals surface area contributed by atoms with E-state index in [0.29, 0.717) is 0 Å². The van der Waals surface area contributed by atoms with Crippen molar-refractivity contribution >= 4 is 64.1 Å². The van der Waals surface area contributed by atoms with Crippen molar-refractivity contribution in [1.29, 1.82) is 0 Å². The molecule has 0 amide bonds. The first-order valence-electron chi connectivity index (χ1n) is 12.8. The van der Waals surface area contributed by atoms with E-state index in [1.54, 1.807) is 12.4 Å². The molecule has 0 saturated carbocycles. The lowest BCUT2D eigenvalue weighted by atomic mass is 9.93. The maximum atomic E-state index is 4.72. The van der Waals surface area contributed by atoms with E-state index in [-0.39, 0.29) is 0 Å². The smallest absolute Gasteiger partial charge is 0.0971 e. The van der Waals surface area contributed by atoms with E-state index >= 15 is 0 Å². The molecule has 0 fully saturated rings. The minimum atomic E-state index is 0.954. The van der Waals surface area contributed by atoms with Crippen molar-refractivity contribution in [3.05, 3.63) is 121 Å². The van der Waals surface area contributed by atoms with Crippen molar-refractivity contribution in [2.24, 2.45) is 0 Å². The first-order chi connectivity index (χ1) is 18.7. The summed E-state index contributed by atoms with van der Waals surface area (Å²) < 4.78 is 2.68. The van der Waals surface area contributed by atoms with Crippen molar-refractivity contribution in [1.82, 2.24) is 9.97 Å². The molecule has 0 unspecified atom stereocenters. The topological polar surface area (TPSA) is 25.8 Å². The van der Waals surface area contributed by atoms with E-state index in [1.807, 2.05) is 11.3 Å². The molecule has 0 bridgehead atoms. The zero-order valence-corrected chi connectivity index (χ0v) is 21.6. The first kappa shape index (κ1) is 21.5. The second-order valence-corrected chi connectivity index (χ2v) is 11.0. The normalized spacial score (nSPS) is 11.8. The Bertz CT molecular complexity index is 2210. The van der Waals surface area contributed by atoms with Gasteiger partial charge < -0.3 is 0 Å². The Morgan fingerprint density at radius 3 is 2.05 bits per heavy atom. The highest BCUT2D eigenvalue weighted by molar-refractivity contribution is 7.26. The number of hydrogen-bond donors (Lipinski definition) is 0. The van der Waals surface area contributed by atoms with Gasteiger partial charge in [0.15, 0.2) is 0 Å². The molecule has 0 aliphatic heterocycles. The Balaban J connectivity index is 1.35. The monoisotopic (exact) mass is 502 g/mol. The van der Waals surface area contributed by atoms with Crippen LogP contribution < -0.4 is 0 Å². The van der Waals surface area contributed by atoms with Crippen LogP contribution in [0.15, 0.2) is 116 Å². The van der Waals surface area contributed by atoms with Gasteiger partial charge in [-0.1, -0.05) is 90.5 Å². The summed E-state index contributed by atoms with van der Waals surface area (Å²) in [6.07, 6.45) is 3.57. The number of rotatable bonds is 2. The van der Waals surface area contributed by atoms with Crippen molar-refractivity contribution < 1.29 is 0 Å². The van der Waals surface area contributed by atoms with Crippen molar-refractivity contribution in [3.63, 3.8) is 0 Å². The number of hydrogen-bond acceptors (Lipinski definition) is 3. The predicted octanol–water partition coefficient (Wildman–Crippen LogP) is 9.95. The van der Waals surface area contributed by atoms with Crippen LogP contribution in [-0.4, -0.2) is 9.97 Å². The Morgan fingerprint density at radius 1 is 0.500 bits per heavy atom. The quantitative estimate of drug-likeness (QED) is 0.220. The van der Waals surface area contributed by atoms with E-state index in [2.05, 4.69) is 110 Å². The summed E-state index contributed by atoms with van der Waals surface area (Å²) in [5.41, 5.74) is 8.10. The molecule has 0 N–H and O–H groups in total. The van der Waals surface area contributed by atoms with Gasteiger partial charge in [0.05, 0.1) is 11.0 Å². The lowest BCUT2D eigenvalue weighted by molar-refractivity contribution is 1.31. The predicted molar refractivity (Wildman–Crippen MR) is 163 cm³/mol. The molecule has 0 radical (unpaired) electrons. The van der Waals surface area contributed by atoms with Crippen LogP contribution in [0.25, 0.3) is 75.0 Å². The van der Waals surface area contributed by atoms with Gasteiger partial charge in [0.25, 0.3) is 0 Å². The number of fused-ring (bicyclic) bond motifs is 9. The van der Waals surface area contributed by atoms with Crippen LogP contribution in [0.1, 0.15) is 5.56 Å². The highest BCUT2D eigenvalue weighted by Crippen LogP contribution is 2.41. The maximum absolute atomic E-state index is 4.72. The van der Waals surface area contributed by atoms with Gasteiger partial charge >= 0.3 is 0 Å². The third-order valence-electron chi connectivity index (χ3n) is 7.60. The average molecular weight is 503 g/mol. The van der Waals surface area contributed by atoms with Crippen LogP contribution in [0, 0.1) is 6.92 Å². The number of nitrogens with zero attached hydrogens (tertiary/aromatic N) is 2. The SMILES string of the molecule is Cc1ccc2c(c1)c1cc(-c3cccc(-c4cccc5c4sc4ccccc45)c3)ccc1c1nccnc21. The number of benzene rings is 6. The van der Waals surface area contributed by atoms with Gasteiger partial charge in [-0.25, -0.2) is 0 Å². The molecule has 0 atom stereocenters. The maximum Gasteiger partial charge on any atom is 0.0971 e. The van der Waals surface area contributed by atoms with Crippen molar-refractivity contribution in [2.45, 2.75) is 6.92 Å². The zero-order chi connectivity index (χ0) is 25.2. The van der Waals surface area contributed by atoms with Gasteiger partial charge in [0, 0.05) is 43.3 Å². The Labute approximate surface area is 223 Å². The zero-order valence-electron chi connectivity index (χ0n) is 20.8. The summed E-state index contributed by atoms with van der Waals surface area (Å²) in [4.78, 5) is 9.42. The molecule has 0 aliphatic carbocycles. The number of aromatic nitrogens is 2. The average Bonchev–Trinajstić information content (AvgIpc) is 3.36. The third-order valence-corrected chi connectivity index (χ3v) is 8.82. The van der Waals surface area contributed by atoms with Crippen LogP contribution >= 0.6 is 11.3 Å². The van der Waals surface area contributed by atoms with Gasteiger partial charge in [0.2, 0.25) is 0 Å². The molecular formula is C35H22N2S. The highest BCUT2D eigenvalue weighted by Gasteiger charge is 2.14. The van der Waals surface area contributed by atoms with E-state index in [0.717, 1.165) is 21.8 Å². The summed E-state index contributed by atoms with van der Waals surface area (Å²) in [6, 6.07) is 37.7. The van der Waals surface area contributed by atoms with Crippen molar-refractivity contribution in [3.8, 4) is 22.3 Å².